The van der Waals surface area contributed by atoms with E-state index >= 15 is 0 Å². The van der Waals surface area contributed by atoms with Crippen molar-refractivity contribution in [2.24, 2.45) is 0 Å². The predicted octanol–water partition coefficient (Wildman–Crippen LogP) is 4.50. The fraction of sp³-hybridized carbons (Fsp3) is 0.0952. The summed E-state index contributed by atoms with van der Waals surface area (Å²) < 4.78 is 13.3. The van der Waals surface area contributed by atoms with Gasteiger partial charge in [0.15, 0.2) is 11.5 Å². The summed E-state index contributed by atoms with van der Waals surface area (Å²) in [5, 5.41) is 10.7. The molecule has 0 radical (unpaired) electrons. The number of imidazole rings is 1. The largest absolute Gasteiger partial charge is 0.493 e. The molecule has 0 N–H and O–H groups in total. The van der Waals surface area contributed by atoms with E-state index in [1.165, 1.54) is 12.1 Å². The number of methoxy groups -OCH3 is 1. The van der Waals surface area contributed by atoms with E-state index < -0.39 is 4.92 Å². The molecule has 0 saturated heterocycles. The minimum atomic E-state index is -0.425. The van der Waals surface area contributed by atoms with Gasteiger partial charge in [-0.15, -0.1) is 0 Å². The number of non-ortho nitro benzene ring substituents is 1. The van der Waals surface area contributed by atoms with Gasteiger partial charge < -0.3 is 13.9 Å². The van der Waals surface area contributed by atoms with E-state index in [1.807, 2.05) is 53.2 Å². The SMILES string of the molecule is COc1cc(-c2cn3ccccc3n2)ccc1OCc1ccc([N+](=O)[O-])cc1. The van der Waals surface area contributed by atoms with Gasteiger partial charge in [-0.3, -0.25) is 10.1 Å². The number of hydrogen-bond donors (Lipinski definition) is 0. The van der Waals surface area contributed by atoms with E-state index in [1.54, 1.807) is 19.2 Å². The Kier molecular flexibility index (Phi) is 4.63. The maximum Gasteiger partial charge on any atom is 0.269 e. The van der Waals surface area contributed by atoms with Gasteiger partial charge in [0.2, 0.25) is 0 Å². The molecule has 0 fully saturated rings. The zero-order valence-corrected chi connectivity index (χ0v) is 15.1. The Morgan fingerprint density at radius 3 is 2.61 bits per heavy atom. The number of pyridine rings is 1. The van der Waals surface area contributed by atoms with Crippen LogP contribution in [-0.4, -0.2) is 21.4 Å². The van der Waals surface area contributed by atoms with Crippen LogP contribution in [0.25, 0.3) is 16.9 Å². The number of nitro groups is 1. The number of benzene rings is 2. The molecule has 4 aromatic rings. The molecule has 0 bridgehead atoms. The van der Waals surface area contributed by atoms with E-state index in [0.29, 0.717) is 11.5 Å². The second kappa shape index (κ2) is 7.40. The zero-order chi connectivity index (χ0) is 19.5. The molecular weight excluding hydrogens is 358 g/mol. The first-order valence-corrected chi connectivity index (χ1v) is 8.62. The maximum atomic E-state index is 10.7. The first-order chi connectivity index (χ1) is 13.6. The lowest BCUT2D eigenvalue weighted by Gasteiger charge is -2.11. The lowest BCUT2D eigenvalue weighted by Crippen LogP contribution is -1.98. The molecular formula is C21H17N3O4. The van der Waals surface area contributed by atoms with Crippen molar-refractivity contribution < 1.29 is 14.4 Å². The Bertz CT molecular complexity index is 1100. The van der Waals surface area contributed by atoms with Crippen molar-refractivity contribution in [2.45, 2.75) is 6.61 Å². The van der Waals surface area contributed by atoms with E-state index in [2.05, 4.69) is 4.98 Å². The lowest BCUT2D eigenvalue weighted by atomic mass is 10.1. The highest BCUT2D eigenvalue weighted by Gasteiger charge is 2.11. The van der Waals surface area contributed by atoms with E-state index in [-0.39, 0.29) is 12.3 Å². The fourth-order valence-electron chi connectivity index (χ4n) is 2.89. The number of fused-ring (bicyclic) bond motifs is 1. The molecule has 28 heavy (non-hydrogen) atoms. The van der Waals surface area contributed by atoms with Crippen molar-refractivity contribution in [3.63, 3.8) is 0 Å². The minimum Gasteiger partial charge on any atom is -0.493 e. The summed E-state index contributed by atoms with van der Waals surface area (Å²) >= 11 is 0. The van der Waals surface area contributed by atoms with Crippen LogP contribution in [0.4, 0.5) is 5.69 Å². The van der Waals surface area contributed by atoms with Gasteiger partial charge in [0.1, 0.15) is 12.3 Å². The maximum absolute atomic E-state index is 10.7. The minimum absolute atomic E-state index is 0.0538. The van der Waals surface area contributed by atoms with Gasteiger partial charge >= 0.3 is 0 Å². The van der Waals surface area contributed by atoms with Crippen LogP contribution in [0.1, 0.15) is 5.56 Å². The summed E-state index contributed by atoms with van der Waals surface area (Å²) in [5.41, 5.74) is 3.51. The third kappa shape index (κ3) is 3.50. The van der Waals surface area contributed by atoms with E-state index in [0.717, 1.165) is 22.5 Å². The number of nitro benzene ring substituents is 1. The molecule has 4 rings (SSSR count). The second-order valence-corrected chi connectivity index (χ2v) is 6.17. The van der Waals surface area contributed by atoms with Crippen LogP contribution in [-0.2, 0) is 6.61 Å². The molecule has 0 atom stereocenters. The van der Waals surface area contributed by atoms with Crippen LogP contribution in [0.15, 0.2) is 73.1 Å². The molecule has 7 heteroatoms. The number of rotatable bonds is 6. The zero-order valence-electron chi connectivity index (χ0n) is 15.1. The molecule has 0 amide bonds. The molecule has 0 saturated carbocycles. The van der Waals surface area contributed by atoms with Crippen LogP contribution in [0.3, 0.4) is 0 Å². The molecule has 0 unspecified atom stereocenters. The van der Waals surface area contributed by atoms with Gasteiger partial charge in [-0.25, -0.2) is 4.98 Å². The van der Waals surface area contributed by atoms with Crippen molar-refractivity contribution in [1.82, 2.24) is 9.38 Å². The topological polar surface area (TPSA) is 78.9 Å². The normalized spacial score (nSPS) is 10.8. The summed E-state index contributed by atoms with van der Waals surface area (Å²) in [4.78, 5) is 14.9. The number of nitrogens with zero attached hydrogens (tertiary/aromatic N) is 3. The molecule has 2 heterocycles. The van der Waals surface area contributed by atoms with Gasteiger partial charge in [-0.2, -0.15) is 0 Å². The average molecular weight is 375 g/mol. The number of hydrogen-bond acceptors (Lipinski definition) is 5. The van der Waals surface area contributed by atoms with E-state index in [4.69, 9.17) is 9.47 Å². The van der Waals surface area contributed by atoms with Crippen LogP contribution in [0, 0.1) is 10.1 Å². The van der Waals surface area contributed by atoms with Crippen LogP contribution in [0.2, 0.25) is 0 Å². The summed E-state index contributed by atoms with van der Waals surface area (Å²) in [6, 6.07) is 17.8. The van der Waals surface area contributed by atoms with Crippen LogP contribution < -0.4 is 9.47 Å². The van der Waals surface area contributed by atoms with Crippen molar-refractivity contribution in [3.05, 3.63) is 88.7 Å². The van der Waals surface area contributed by atoms with Gasteiger partial charge in [0.25, 0.3) is 5.69 Å². The fourth-order valence-corrected chi connectivity index (χ4v) is 2.89. The van der Waals surface area contributed by atoms with Gasteiger partial charge in [-0.05, 0) is 48.0 Å². The summed E-state index contributed by atoms with van der Waals surface area (Å²) in [6.07, 6.45) is 3.91. The third-order valence-electron chi connectivity index (χ3n) is 4.36. The predicted molar refractivity (Wildman–Crippen MR) is 105 cm³/mol. The van der Waals surface area contributed by atoms with Crippen molar-refractivity contribution in [1.29, 1.82) is 0 Å². The molecule has 2 aromatic heterocycles. The van der Waals surface area contributed by atoms with Crippen LogP contribution in [0.5, 0.6) is 11.5 Å². The Labute approximate surface area is 160 Å². The lowest BCUT2D eigenvalue weighted by molar-refractivity contribution is -0.384. The molecule has 2 aromatic carbocycles. The monoisotopic (exact) mass is 375 g/mol. The average Bonchev–Trinajstić information content (AvgIpc) is 3.16. The van der Waals surface area contributed by atoms with E-state index in [9.17, 15) is 10.1 Å². The van der Waals surface area contributed by atoms with Gasteiger partial charge in [-0.1, -0.05) is 6.07 Å². The Morgan fingerprint density at radius 1 is 1.07 bits per heavy atom. The summed E-state index contributed by atoms with van der Waals surface area (Å²) in [7, 11) is 1.58. The third-order valence-corrected chi connectivity index (χ3v) is 4.36. The Morgan fingerprint density at radius 2 is 1.89 bits per heavy atom. The highest BCUT2D eigenvalue weighted by atomic mass is 16.6. The quantitative estimate of drug-likeness (QED) is 0.366. The standard InChI is InChI=1S/C21H17N3O4/c1-27-20-12-16(18-13-23-11-3-2-4-21(23)22-18)7-10-19(20)28-14-15-5-8-17(9-6-15)24(25)26/h2-13H,14H2,1H3. The van der Waals surface area contributed by atoms with Gasteiger partial charge in [0, 0.05) is 30.1 Å². The molecule has 0 aliphatic rings. The second-order valence-electron chi connectivity index (χ2n) is 6.17. The Balaban J connectivity index is 1.54. The molecule has 0 spiro atoms. The van der Waals surface area contributed by atoms with Crippen LogP contribution >= 0.6 is 0 Å². The summed E-state index contributed by atoms with van der Waals surface area (Å²) in [6.45, 7) is 0.280. The smallest absolute Gasteiger partial charge is 0.269 e. The molecule has 0 aliphatic carbocycles. The first kappa shape index (κ1) is 17.5. The number of ether oxygens (including phenoxy) is 2. The molecule has 7 nitrogen and oxygen atoms in total. The highest BCUT2D eigenvalue weighted by Crippen LogP contribution is 2.33. The molecule has 140 valence electrons. The highest BCUT2D eigenvalue weighted by molar-refractivity contribution is 5.66. The van der Waals surface area contributed by atoms with Gasteiger partial charge in [0.05, 0.1) is 17.7 Å². The Hall–Kier alpha value is -3.87. The summed E-state index contributed by atoms with van der Waals surface area (Å²) in [5.74, 6) is 1.19. The van der Waals surface area contributed by atoms with Crippen molar-refractivity contribution in [3.8, 4) is 22.8 Å². The first-order valence-electron chi connectivity index (χ1n) is 8.62. The van der Waals surface area contributed by atoms with Crippen molar-refractivity contribution in [2.75, 3.05) is 7.11 Å². The number of aromatic nitrogens is 2. The molecule has 0 aliphatic heterocycles. The van der Waals surface area contributed by atoms with Crippen molar-refractivity contribution >= 4 is 11.3 Å².